The minimum atomic E-state index is -1.02. The standard InChI is InChI=1S/C15H13ClO4/c1-19-12-6-9(5-10(7-12)15(17)18)13-4-3-11(16)8-14(13)20-2/h3-8H,1-2H3,(H,17,18). The fourth-order valence-corrected chi connectivity index (χ4v) is 2.06. The third kappa shape index (κ3) is 2.86. The lowest BCUT2D eigenvalue weighted by molar-refractivity contribution is 0.0696. The summed E-state index contributed by atoms with van der Waals surface area (Å²) in [4.78, 5) is 11.2. The van der Waals surface area contributed by atoms with E-state index < -0.39 is 5.97 Å². The van der Waals surface area contributed by atoms with Crippen LogP contribution in [0.1, 0.15) is 10.4 Å². The normalized spacial score (nSPS) is 10.2. The van der Waals surface area contributed by atoms with Crippen LogP contribution in [0.3, 0.4) is 0 Å². The highest BCUT2D eigenvalue weighted by molar-refractivity contribution is 6.30. The summed E-state index contributed by atoms with van der Waals surface area (Å²) in [5, 5.41) is 9.69. The molecule has 0 heterocycles. The van der Waals surface area contributed by atoms with E-state index in [1.54, 1.807) is 30.3 Å². The van der Waals surface area contributed by atoms with Crippen LogP contribution in [0.4, 0.5) is 0 Å². The zero-order valence-corrected chi connectivity index (χ0v) is 11.8. The highest BCUT2D eigenvalue weighted by atomic mass is 35.5. The van der Waals surface area contributed by atoms with E-state index in [-0.39, 0.29) is 5.56 Å². The van der Waals surface area contributed by atoms with E-state index in [1.807, 2.05) is 0 Å². The van der Waals surface area contributed by atoms with Crippen LogP contribution >= 0.6 is 11.6 Å². The lowest BCUT2D eigenvalue weighted by atomic mass is 10.0. The van der Waals surface area contributed by atoms with Crippen molar-refractivity contribution in [2.45, 2.75) is 0 Å². The molecule has 0 saturated heterocycles. The first-order valence-corrected chi connectivity index (χ1v) is 6.19. The Bertz CT molecular complexity index is 652. The summed E-state index contributed by atoms with van der Waals surface area (Å²) in [6.45, 7) is 0. The smallest absolute Gasteiger partial charge is 0.335 e. The molecular weight excluding hydrogens is 280 g/mol. The molecule has 0 aliphatic carbocycles. The van der Waals surface area contributed by atoms with Gasteiger partial charge in [-0.1, -0.05) is 11.6 Å². The number of benzene rings is 2. The maximum absolute atomic E-state index is 11.2. The summed E-state index contributed by atoms with van der Waals surface area (Å²) < 4.78 is 10.4. The van der Waals surface area contributed by atoms with Gasteiger partial charge in [-0.25, -0.2) is 4.79 Å². The summed E-state index contributed by atoms with van der Waals surface area (Å²) in [6, 6.07) is 9.96. The van der Waals surface area contributed by atoms with Gasteiger partial charge in [-0.3, -0.25) is 0 Å². The van der Waals surface area contributed by atoms with Crippen molar-refractivity contribution in [3.63, 3.8) is 0 Å². The summed E-state index contributed by atoms with van der Waals surface area (Å²) in [7, 11) is 3.03. The van der Waals surface area contributed by atoms with Crippen molar-refractivity contribution < 1.29 is 19.4 Å². The Hall–Kier alpha value is -2.20. The second-order valence-corrected chi connectivity index (χ2v) is 4.54. The Kier molecular flexibility index (Phi) is 4.15. The summed E-state index contributed by atoms with van der Waals surface area (Å²) in [5.74, 6) is 0.0251. The van der Waals surface area contributed by atoms with Gasteiger partial charge in [0.05, 0.1) is 19.8 Å². The molecule has 1 N–H and O–H groups in total. The van der Waals surface area contributed by atoms with Gasteiger partial charge >= 0.3 is 5.97 Å². The van der Waals surface area contributed by atoms with Crippen molar-refractivity contribution in [2.24, 2.45) is 0 Å². The fourth-order valence-electron chi connectivity index (χ4n) is 1.90. The molecule has 0 aliphatic heterocycles. The predicted molar refractivity (Wildman–Crippen MR) is 77.0 cm³/mol. The van der Waals surface area contributed by atoms with Gasteiger partial charge in [0.2, 0.25) is 0 Å². The first kappa shape index (κ1) is 14.2. The third-order valence-electron chi connectivity index (χ3n) is 2.86. The minimum absolute atomic E-state index is 0.149. The van der Waals surface area contributed by atoms with Gasteiger partial charge in [-0.15, -0.1) is 0 Å². The minimum Gasteiger partial charge on any atom is -0.497 e. The molecule has 5 heteroatoms. The number of halogens is 1. The molecule has 20 heavy (non-hydrogen) atoms. The average Bonchev–Trinajstić information content (AvgIpc) is 2.46. The highest BCUT2D eigenvalue weighted by Gasteiger charge is 2.12. The summed E-state index contributed by atoms with van der Waals surface area (Å²) in [5.41, 5.74) is 1.59. The molecule has 0 spiro atoms. The average molecular weight is 293 g/mol. The number of carbonyl (C=O) groups is 1. The topological polar surface area (TPSA) is 55.8 Å². The molecular formula is C15H13ClO4. The van der Waals surface area contributed by atoms with E-state index in [0.717, 1.165) is 5.56 Å². The zero-order chi connectivity index (χ0) is 14.7. The molecule has 0 atom stereocenters. The summed E-state index contributed by atoms with van der Waals surface area (Å²) in [6.07, 6.45) is 0. The molecule has 0 aliphatic rings. The molecule has 0 radical (unpaired) electrons. The molecule has 2 aromatic carbocycles. The number of hydrogen-bond donors (Lipinski definition) is 1. The maximum atomic E-state index is 11.2. The van der Waals surface area contributed by atoms with Crippen molar-refractivity contribution in [3.8, 4) is 22.6 Å². The molecule has 0 saturated carbocycles. The molecule has 0 bridgehead atoms. The first-order valence-electron chi connectivity index (χ1n) is 5.81. The van der Waals surface area contributed by atoms with E-state index in [2.05, 4.69) is 0 Å². The molecule has 0 aromatic heterocycles. The van der Waals surface area contributed by atoms with Crippen LogP contribution in [-0.4, -0.2) is 25.3 Å². The van der Waals surface area contributed by atoms with Crippen LogP contribution in [0.15, 0.2) is 36.4 Å². The monoisotopic (exact) mass is 292 g/mol. The van der Waals surface area contributed by atoms with Crippen LogP contribution < -0.4 is 9.47 Å². The summed E-state index contributed by atoms with van der Waals surface area (Å²) >= 11 is 5.92. The van der Waals surface area contributed by atoms with Gasteiger partial charge in [-0.05, 0) is 42.0 Å². The maximum Gasteiger partial charge on any atom is 0.335 e. The van der Waals surface area contributed by atoms with Crippen molar-refractivity contribution in [2.75, 3.05) is 14.2 Å². The van der Waals surface area contributed by atoms with Crippen LogP contribution in [0.5, 0.6) is 11.5 Å². The third-order valence-corrected chi connectivity index (χ3v) is 3.10. The molecule has 2 rings (SSSR count). The van der Waals surface area contributed by atoms with Crippen LogP contribution in [0, 0.1) is 0 Å². The fraction of sp³-hybridized carbons (Fsp3) is 0.133. The van der Waals surface area contributed by atoms with E-state index in [9.17, 15) is 4.79 Å². The molecule has 0 fully saturated rings. The van der Waals surface area contributed by atoms with Gasteiger partial charge < -0.3 is 14.6 Å². The number of carboxylic acids is 1. The van der Waals surface area contributed by atoms with Crippen LogP contribution in [0.2, 0.25) is 5.02 Å². The van der Waals surface area contributed by atoms with E-state index in [0.29, 0.717) is 22.1 Å². The highest BCUT2D eigenvalue weighted by Crippen LogP contribution is 2.34. The van der Waals surface area contributed by atoms with Crippen molar-refractivity contribution in [1.29, 1.82) is 0 Å². The number of rotatable bonds is 4. The Labute approximate surface area is 121 Å². The van der Waals surface area contributed by atoms with E-state index in [1.165, 1.54) is 20.3 Å². The Morgan fingerprint density at radius 1 is 1.10 bits per heavy atom. The second-order valence-electron chi connectivity index (χ2n) is 4.10. The largest absolute Gasteiger partial charge is 0.497 e. The quantitative estimate of drug-likeness (QED) is 0.933. The van der Waals surface area contributed by atoms with Crippen LogP contribution in [-0.2, 0) is 0 Å². The molecule has 0 amide bonds. The van der Waals surface area contributed by atoms with Gasteiger partial charge in [0.15, 0.2) is 0 Å². The Morgan fingerprint density at radius 3 is 2.45 bits per heavy atom. The number of ether oxygens (including phenoxy) is 2. The van der Waals surface area contributed by atoms with Crippen molar-refractivity contribution in [1.82, 2.24) is 0 Å². The number of hydrogen-bond acceptors (Lipinski definition) is 3. The van der Waals surface area contributed by atoms with Gasteiger partial charge in [0.25, 0.3) is 0 Å². The first-order chi connectivity index (χ1) is 9.55. The SMILES string of the molecule is COc1cc(C(=O)O)cc(-c2ccc(Cl)cc2OC)c1. The van der Waals surface area contributed by atoms with Gasteiger partial charge in [0, 0.05) is 10.6 Å². The Balaban J connectivity index is 2.62. The second kappa shape index (κ2) is 5.84. The number of aromatic carboxylic acids is 1. The molecule has 2 aromatic rings. The van der Waals surface area contributed by atoms with Gasteiger partial charge in [-0.2, -0.15) is 0 Å². The molecule has 4 nitrogen and oxygen atoms in total. The van der Waals surface area contributed by atoms with Gasteiger partial charge in [0.1, 0.15) is 11.5 Å². The van der Waals surface area contributed by atoms with E-state index in [4.69, 9.17) is 26.2 Å². The van der Waals surface area contributed by atoms with Crippen molar-refractivity contribution >= 4 is 17.6 Å². The van der Waals surface area contributed by atoms with E-state index >= 15 is 0 Å². The zero-order valence-electron chi connectivity index (χ0n) is 11.0. The number of methoxy groups -OCH3 is 2. The predicted octanol–water partition coefficient (Wildman–Crippen LogP) is 3.72. The van der Waals surface area contributed by atoms with Crippen LogP contribution in [0.25, 0.3) is 11.1 Å². The lowest BCUT2D eigenvalue weighted by Gasteiger charge is -2.11. The molecule has 0 unspecified atom stereocenters. The van der Waals surface area contributed by atoms with Crippen molar-refractivity contribution in [3.05, 3.63) is 47.0 Å². The number of carboxylic acid groups (broad SMARTS) is 1. The lowest BCUT2D eigenvalue weighted by Crippen LogP contribution is -1.98. The molecule has 104 valence electrons. The Morgan fingerprint density at radius 2 is 1.85 bits per heavy atom.